The smallest absolute Gasteiger partial charge is 0.282 e. The SMILES string of the molecule is Cc1ccc(Cc2c(-c3ccccc3)ssc2=S)cc1S(=O)(=O)O. The molecule has 0 atom stereocenters. The summed E-state index contributed by atoms with van der Waals surface area (Å²) in [6.45, 7) is 1.66. The van der Waals surface area contributed by atoms with E-state index in [9.17, 15) is 13.0 Å². The molecular formula is C17H14O3S4. The molecule has 0 aliphatic rings. The minimum Gasteiger partial charge on any atom is -0.282 e. The first kappa shape index (κ1) is 17.4. The molecule has 2 aromatic carbocycles. The van der Waals surface area contributed by atoms with Gasteiger partial charge in [0.1, 0.15) is 3.82 Å². The normalized spacial score (nSPS) is 11.6. The van der Waals surface area contributed by atoms with Crippen LogP contribution in [0.25, 0.3) is 10.4 Å². The van der Waals surface area contributed by atoms with E-state index in [-0.39, 0.29) is 4.90 Å². The van der Waals surface area contributed by atoms with Crippen LogP contribution in [0, 0.1) is 10.7 Å². The van der Waals surface area contributed by atoms with Crippen LogP contribution in [0.4, 0.5) is 0 Å². The molecule has 0 fully saturated rings. The van der Waals surface area contributed by atoms with Gasteiger partial charge in [-0.3, -0.25) is 4.55 Å². The van der Waals surface area contributed by atoms with Crippen LogP contribution in [0.3, 0.4) is 0 Å². The Balaban J connectivity index is 2.05. The summed E-state index contributed by atoms with van der Waals surface area (Å²) < 4.78 is 33.2. The summed E-state index contributed by atoms with van der Waals surface area (Å²) in [5.74, 6) is 0. The molecule has 0 radical (unpaired) electrons. The standard InChI is InChI=1S/C17H14O3S4/c1-11-7-8-12(10-15(11)24(18,19)20)9-14-16(22-23-17(14)21)13-5-3-2-4-6-13/h2-8,10H,9H2,1H3,(H,18,19,20). The number of hydrogen-bond donors (Lipinski definition) is 1. The molecule has 3 aromatic rings. The third-order valence-electron chi connectivity index (χ3n) is 3.67. The number of hydrogen-bond acceptors (Lipinski definition) is 5. The van der Waals surface area contributed by atoms with Crippen molar-refractivity contribution >= 4 is 43.0 Å². The van der Waals surface area contributed by atoms with Gasteiger partial charge in [-0.05, 0) is 29.7 Å². The summed E-state index contributed by atoms with van der Waals surface area (Å²) in [4.78, 5) is 1.06. The van der Waals surface area contributed by atoms with Crippen LogP contribution in [0.2, 0.25) is 0 Å². The van der Waals surface area contributed by atoms with Crippen molar-refractivity contribution in [3.8, 4) is 10.4 Å². The second-order valence-corrected chi connectivity index (χ2v) is 9.59. The van der Waals surface area contributed by atoms with Gasteiger partial charge in [-0.2, -0.15) is 8.42 Å². The fourth-order valence-corrected chi connectivity index (χ4v) is 6.17. The molecule has 3 nitrogen and oxygen atoms in total. The van der Waals surface area contributed by atoms with Crippen molar-refractivity contribution in [2.24, 2.45) is 0 Å². The number of aryl methyl sites for hydroxylation is 1. The van der Waals surface area contributed by atoms with E-state index in [1.54, 1.807) is 33.7 Å². The average Bonchev–Trinajstić information content (AvgIpc) is 2.90. The first-order valence-corrected chi connectivity index (χ1v) is 11.1. The summed E-state index contributed by atoms with van der Waals surface area (Å²) in [7, 11) is -1.05. The average molecular weight is 395 g/mol. The molecule has 0 amide bonds. The van der Waals surface area contributed by atoms with Gasteiger partial charge < -0.3 is 0 Å². The van der Waals surface area contributed by atoms with Crippen LogP contribution < -0.4 is 0 Å². The molecule has 3 rings (SSSR count). The Bertz CT molecular complexity index is 1030. The summed E-state index contributed by atoms with van der Waals surface area (Å²) >= 11 is 5.47. The lowest BCUT2D eigenvalue weighted by Crippen LogP contribution is -2.02. The van der Waals surface area contributed by atoms with E-state index >= 15 is 0 Å². The lowest BCUT2D eigenvalue weighted by Gasteiger charge is -2.07. The van der Waals surface area contributed by atoms with Gasteiger partial charge in [-0.15, -0.1) is 0 Å². The number of rotatable bonds is 4. The summed E-state index contributed by atoms with van der Waals surface area (Å²) in [5, 5.41) is 0. The molecule has 124 valence electrons. The second kappa shape index (κ2) is 6.85. The van der Waals surface area contributed by atoms with Crippen LogP contribution in [-0.4, -0.2) is 13.0 Å². The summed E-state index contributed by atoms with van der Waals surface area (Å²) in [6.07, 6.45) is 0.534. The lowest BCUT2D eigenvalue weighted by atomic mass is 10.0. The predicted molar refractivity (Wildman–Crippen MR) is 102 cm³/mol. The Hall–Kier alpha value is -1.38. The Morgan fingerprint density at radius 1 is 1.08 bits per heavy atom. The van der Waals surface area contributed by atoms with Crippen LogP contribution in [0.15, 0.2) is 53.4 Å². The van der Waals surface area contributed by atoms with Gasteiger partial charge in [0.25, 0.3) is 10.1 Å². The molecular weight excluding hydrogens is 380 g/mol. The largest absolute Gasteiger partial charge is 0.294 e. The highest BCUT2D eigenvalue weighted by Gasteiger charge is 2.16. The van der Waals surface area contributed by atoms with E-state index in [0.29, 0.717) is 12.0 Å². The van der Waals surface area contributed by atoms with E-state index in [2.05, 4.69) is 0 Å². The van der Waals surface area contributed by atoms with Crippen LogP contribution in [0.1, 0.15) is 16.7 Å². The zero-order valence-corrected chi connectivity index (χ0v) is 16.0. The van der Waals surface area contributed by atoms with E-state index in [4.69, 9.17) is 12.2 Å². The van der Waals surface area contributed by atoms with Gasteiger partial charge in [0.15, 0.2) is 0 Å². The Morgan fingerprint density at radius 2 is 1.79 bits per heavy atom. The van der Waals surface area contributed by atoms with Gasteiger partial charge in [0, 0.05) is 12.0 Å². The van der Waals surface area contributed by atoms with Crippen molar-refractivity contribution in [2.75, 3.05) is 0 Å². The van der Waals surface area contributed by atoms with Crippen molar-refractivity contribution < 1.29 is 13.0 Å². The van der Waals surface area contributed by atoms with Gasteiger partial charge in [0.05, 0.1) is 9.77 Å². The highest BCUT2D eigenvalue weighted by molar-refractivity contribution is 7.85. The van der Waals surface area contributed by atoms with Crippen LogP contribution in [-0.2, 0) is 16.5 Å². The molecule has 24 heavy (non-hydrogen) atoms. The van der Waals surface area contributed by atoms with Gasteiger partial charge in [0.2, 0.25) is 0 Å². The van der Waals surface area contributed by atoms with Crippen molar-refractivity contribution in [3.05, 3.63) is 69.0 Å². The van der Waals surface area contributed by atoms with Crippen molar-refractivity contribution in [1.29, 1.82) is 0 Å². The lowest BCUT2D eigenvalue weighted by molar-refractivity contribution is 0.482. The summed E-state index contributed by atoms with van der Waals surface area (Å²) in [6, 6.07) is 15.1. The minimum absolute atomic E-state index is 0.0499. The molecule has 0 unspecified atom stereocenters. The monoisotopic (exact) mass is 394 g/mol. The topological polar surface area (TPSA) is 54.4 Å². The molecule has 0 aliphatic carbocycles. The van der Waals surface area contributed by atoms with Crippen molar-refractivity contribution in [1.82, 2.24) is 0 Å². The van der Waals surface area contributed by atoms with E-state index in [1.165, 1.54) is 6.07 Å². The zero-order valence-electron chi connectivity index (χ0n) is 12.7. The summed E-state index contributed by atoms with van der Waals surface area (Å²) in [5.41, 5.74) is 3.46. The fourth-order valence-electron chi connectivity index (χ4n) is 2.47. The number of benzene rings is 2. The fraction of sp³-hybridized carbons (Fsp3) is 0.118. The third kappa shape index (κ3) is 3.65. The molecule has 0 spiro atoms. The highest BCUT2D eigenvalue weighted by atomic mass is 32.9. The Morgan fingerprint density at radius 3 is 2.46 bits per heavy atom. The molecule has 1 aromatic heterocycles. The highest BCUT2D eigenvalue weighted by Crippen LogP contribution is 2.36. The quantitative estimate of drug-likeness (QED) is 0.368. The molecule has 0 bridgehead atoms. The molecule has 7 heteroatoms. The maximum Gasteiger partial charge on any atom is 0.294 e. The Kier molecular flexibility index (Phi) is 4.98. The molecule has 0 aliphatic heterocycles. The van der Waals surface area contributed by atoms with E-state index in [0.717, 1.165) is 25.4 Å². The van der Waals surface area contributed by atoms with E-state index in [1.807, 2.05) is 36.4 Å². The maximum atomic E-state index is 11.5. The van der Waals surface area contributed by atoms with Gasteiger partial charge in [-0.1, -0.05) is 75.4 Å². The van der Waals surface area contributed by atoms with Crippen molar-refractivity contribution in [2.45, 2.75) is 18.2 Å². The molecule has 1 N–H and O–H groups in total. The maximum absolute atomic E-state index is 11.5. The van der Waals surface area contributed by atoms with Crippen LogP contribution >= 0.6 is 32.9 Å². The second-order valence-electron chi connectivity index (χ2n) is 5.38. The van der Waals surface area contributed by atoms with Crippen molar-refractivity contribution in [3.63, 3.8) is 0 Å². The molecule has 1 heterocycles. The first-order valence-electron chi connectivity index (χ1n) is 7.10. The molecule has 0 saturated carbocycles. The third-order valence-corrected chi connectivity index (χ3v) is 7.86. The Labute approximate surface area is 153 Å². The zero-order chi connectivity index (χ0) is 17.3. The van der Waals surface area contributed by atoms with Crippen LogP contribution in [0.5, 0.6) is 0 Å². The van der Waals surface area contributed by atoms with E-state index < -0.39 is 10.1 Å². The van der Waals surface area contributed by atoms with Gasteiger partial charge in [-0.25, -0.2) is 0 Å². The first-order chi connectivity index (χ1) is 11.4. The minimum atomic E-state index is -4.23. The predicted octanol–water partition coefficient (Wildman–Crippen LogP) is 5.35. The van der Waals surface area contributed by atoms with Gasteiger partial charge >= 0.3 is 0 Å². The molecule has 0 saturated heterocycles.